The Bertz CT molecular complexity index is 712. The highest BCUT2D eigenvalue weighted by Gasteiger charge is 2.34. The van der Waals surface area contributed by atoms with Crippen molar-refractivity contribution in [2.45, 2.75) is 36.6 Å². The van der Waals surface area contributed by atoms with Gasteiger partial charge in [0.2, 0.25) is 0 Å². The average Bonchev–Trinajstić information content (AvgIpc) is 2.35. The van der Waals surface area contributed by atoms with Crippen molar-refractivity contribution in [2.24, 2.45) is 0 Å². The van der Waals surface area contributed by atoms with Crippen LogP contribution < -0.4 is 5.32 Å². The smallest absolute Gasteiger partial charge is 0.271 e. The summed E-state index contributed by atoms with van der Waals surface area (Å²) in [6, 6.07) is 2.89. The molecule has 21 heavy (non-hydrogen) atoms. The lowest BCUT2D eigenvalue weighted by atomic mass is 9.78. The summed E-state index contributed by atoms with van der Waals surface area (Å²) in [6.07, 6.45) is 2.62. The number of hydrogen-bond donors (Lipinski definition) is 1. The van der Waals surface area contributed by atoms with E-state index in [1.54, 1.807) is 0 Å². The lowest BCUT2D eigenvalue weighted by Crippen LogP contribution is -2.50. The zero-order valence-corrected chi connectivity index (χ0v) is 12.7. The molecular weight excluding hydrogens is 320 g/mol. The molecule has 1 N–H and O–H groups in total. The number of nitro benzene ring substituents is 1. The van der Waals surface area contributed by atoms with Crippen LogP contribution in [0.4, 0.5) is 5.69 Å². The third-order valence-electron chi connectivity index (χ3n) is 3.52. The first-order valence-electron chi connectivity index (χ1n) is 6.17. The maximum Gasteiger partial charge on any atom is 0.271 e. The fraction of sp³-hybridized carbons (Fsp3) is 0.417. The number of benzene rings is 1. The molecule has 1 aliphatic carbocycles. The number of nitro groups is 1. The maximum absolute atomic E-state index is 12.1. The van der Waals surface area contributed by atoms with Crippen molar-refractivity contribution < 1.29 is 18.1 Å². The summed E-state index contributed by atoms with van der Waals surface area (Å²) in [5, 5.41) is 13.6. The van der Waals surface area contributed by atoms with Gasteiger partial charge in [0.1, 0.15) is 0 Å². The Kier molecular flexibility index (Phi) is 3.94. The highest BCUT2D eigenvalue weighted by Crippen LogP contribution is 2.31. The van der Waals surface area contributed by atoms with Gasteiger partial charge in [0, 0.05) is 33.9 Å². The van der Waals surface area contributed by atoms with Gasteiger partial charge in [-0.15, -0.1) is 0 Å². The van der Waals surface area contributed by atoms with E-state index in [0.717, 1.165) is 37.5 Å². The second-order valence-corrected chi connectivity index (χ2v) is 7.84. The molecule has 0 radical (unpaired) electrons. The summed E-state index contributed by atoms with van der Waals surface area (Å²) in [7, 11) is 1.04. The number of halogens is 1. The molecule has 0 unspecified atom stereocenters. The van der Waals surface area contributed by atoms with Gasteiger partial charge in [-0.05, 0) is 32.3 Å². The number of nitrogens with one attached hydrogen (secondary N) is 1. The van der Waals surface area contributed by atoms with Crippen LogP contribution in [0.5, 0.6) is 0 Å². The molecule has 114 valence electrons. The number of amides is 1. The molecule has 1 aliphatic rings. The molecule has 0 aliphatic heterocycles. The van der Waals surface area contributed by atoms with Gasteiger partial charge in [-0.2, -0.15) is 0 Å². The molecule has 1 saturated carbocycles. The Labute approximate surface area is 125 Å². The van der Waals surface area contributed by atoms with Crippen LogP contribution in [0.1, 0.15) is 36.5 Å². The molecule has 0 aromatic heterocycles. The highest BCUT2D eigenvalue weighted by atomic mass is 35.7. The van der Waals surface area contributed by atoms with Gasteiger partial charge in [-0.3, -0.25) is 14.9 Å². The van der Waals surface area contributed by atoms with Crippen LogP contribution >= 0.6 is 10.7 Å². The zero-order valence-electron chi connectivity index (χ0n) is 11.1. The van der Waals surface area contributed by atoms with Crippen molar-refractivity contribution >= 4 is 31.3 Å². The Balaban J connectivity index is 2.40. The van der Waals surface area contributed by atoms with Crippen molar-refractivity contribution in [1.82, 2.24) is 5.32 Å². The molecule has 0 atom stereocenters. The largest absolute Gasteiger partial charge is 0.347 e. The molecule has 0 bridgehead atoms. The van der Waals surface area contributed by atoms with E-state index >= 15 is 0 Å². The second kappa shape index (κ2) is 5.27. The molecular formula is C12H13ClN2O5S. The van der Waals surface area contributed by atoms with E-state index in [-0.39, 0.29) is 11.1 Å². The van der Waals surface area contributed by atoms with Crippen LogP contribution in [-0.4, -0.2) is 24.8 Å². The number of carbonyl (C=O) groups is 1. The van der Waals surface area contributed by atoms with Crippen molar-refractivity contribution in [3.8, 4) is 0 Å². The predicted octanol–water partition coefficient (Wildman–Crippen LogP) is 2.19. The Morgan fingerprint density at radius 2 is 2.00 bits per heavy atom. The van der Waals surface area contributed by atoms with Crippen molar-refractivity contribution in [2.75, 3.05) is 0 Å². The van der Waals surface area contributed by atoms with Crippen molar-refractivity contribution in [3.63, 3.8) is 0 Å². The van der Waals surface area contributed by atoms with Crippen LogP contribution in [0, 0.1) is 10.1 Å². The number of nitrogens with zero attached hydrogens (tertiary/aromatic N) is 1. The first kappa shape index (κ1) is 15.7. The van der Waals surface area contributed by atoms with Crippen molar-refractivity contribution in [3.05, 3.63) is 33.9 Å². The molecule has 0 saturated heterocycles. The van der Waals surface area contributed by atoms with Crippen LogP contribution in [0.15, 0.2) is 23.1 Å². The fourth-order valence-electron chi connectivity index (χ4n) is 2.14. The van der Waals surface area contributed by atoms with Crippen LogP contribution in [0.2, 0.25) is 0 Å². The van der Waals surface area contributed by atoms with Crippen LogP contribution in [0.25, 0.3) is 0 Å². The average molecular weight is 333 g/mol. The van der Waals surface area contributed by atoms with Gasteiger partial charge in [0.15, 0.2) is 0 Å². The topological polar surface area (TPSA) is 106 Å². The van der Waals surface area contributed by atoms with E-state index < -0.39 is 30.5 Å². The molecule has 1 amide bonds. The lowest BCUT2D eigenvalue weighted by molar-refractivity contribution is -0.385. The summed E-state index contributed by atoms with van der Waals surface area (Å²) in [4.78, 5) is 21.7. The molecule has 9 heteroatoms. The minimum absolute atomic E-state index is 0.100. The summed E-state index contributed by atoms with van der Waals surface area (Å²) in [5.41, 5.74) is -0.945. The van der Waals surface area contributed by atoms with Gasteiger partial charge in [0.05, 0.1) is 9.82 Å². The van der Waals surface area contributed by atoms with Gasteiger partial charge in [0.25, 0.3) is 20.6 Å². The summed E-state index contributed by atoms with van der Waals surface area (Å²) < 4.78 is 22.7. The SMILES string of the molecule is CC1(NC(=O)c2cc([N+](=O)[O-])cc(S(=O)(=O)Cl)c2)CCC1. The van der Waals surface area contributed by atoms with E-state index in [1.165, 1.54) is 0 Å². The molecule has 2 rings (SSSR count). The van der Waals surface area contributed by atoms with Gasteiger partial charge < -0.3 is 5.32 Å². The molecule has 7 nitrogen and oxygen atoms in total. The standard InChI is InChI=1S/C12H13ClN2O5S/c1-12(3-2-4-12)14-11(16)8-5-9(15(17)18)7-10(6-8)21(13,19)20/h5-7H,2-4H2,1H3,(H,14,16). The van der Waals surface area contributed by atoms with E-state index in [1.807, 2.05) is 6.92 Å². The first-order chi connectivity index (χ1) is 9.61. The van der Waals surface area contributed by atoms with E-state index in [9.17, 15) is 23.3 Å². The van der Waals surface area contributed by atoms with Gasteiger partial charge in [-0.1, -0.05) is 0 Å². The molecule has 0 spiro atoms. The lowest BCUT2D eigenvalue weighted by Gasteiger charge is -2.39. The fourth-order valence-corrected chi connectivity index (χ4v) is 2.94. The zero-order chi connectivity index (χ0) is 15.8. The monoisotopic (exact) mass is 332 g/mol. The number of non-ortho nitro benzene ring substituents is 1. The second-order valence-electron chi connectivity index (χ2n) is 5.28. The number of hydrogen-bond acceptors (Lipinski definition) is 5. The normalized spacial score (nSPS) is 16.9. The van der Waals surface area contributed by atoms with Crippen LogP contribution in [0.3, 0.4) is 0 Å². The molecule has 1 fully saturated rings. The van der Waals surface area contributed by atoms with Crippen LogP contribution in [-0.2, 0) is 9.05 Å². The third-order valence-corrected chi connectivity index (χ3v) is 4.85. The summed E-state index contributed by atoms with van der Waals surface area (Å²) >= 11 is 0. The van der Waals surface area contributed by atoms with Gasteiger partial charge in [-0.25, -0.2) is 8.42 Å². The molecule has 0 heterocycles. The Morgan fingerprint density at radius 3 is 2.43 bits per heavy atom. The maximum atomic E-state index is 12.1. The van der Waals surface area contributed by atoms with E-state index in [4.69, 9.17) is 10.7 Å². The van der Waals surface area contributed by atoms with Gasteiger partial charge >= 0.3 is 0 Å². The predicted molar refractivity (Wildman–Crippen MR) is 75.9 cm³/mol. The third kappa shape index (κ3) is 3.51. The Morgan fingerprint density at radius 1 is 1.38 bits per heavy atom. The molecule has 1 aromatic carbocycles. The number of rotatable bonds is 4. The Hall–Kier alpha value is -1.67. The summed E-state index contributed by atoms with van der Waals surface area (Å²) in [6.45, 7) is 1.87. The van der Waals surface area contributed by atoms with E-state index in [0.29, 0.717) is 0 Å². The highest BCUT2D eigenvalue weighted by molar-refractivity contribution is 8.13. The minimum Gasteiger partial charge on any atom is -0.347 e. The number of carbonyl (C=O) groups excluding carboxylic acids is 1. The first-order valence-corrected chi connectivity index (χ1v) is 8.48. The molecule has 1 aromatic rings. The minimum atomic E-state index is -4.16. The summed E-state index contributed by atoms with van der Waals surface area (Å²) in [5.74, 6) is -0.553. The van der Waals surface area contributed by atoms with E-state index in [2.05, 4.69) is 5.32 Å². The van der Waals surface area contributed by atoms with Crippen molar-refractivity contribution in [1.29, 1.82) is 0 Å². The quantitative estimate of drug-likeness (QED) is 0.516.